The molecular weight excluding hydrogens is 258 g/mol. The summed E-state index contributed by atoms with van der Waals surface area (Å²) in [5.74, 6) is 2.31. The van der Waals surface area contributed by atoms with Gasteiger partial charge >= 0.3 is 0 Å². The van der Waals surface area contributed by atoms with E-state index < -0.39 is 0 Å². The van der Waals surface area contributed by atoms with Crippen molar-refractivity contribution >= 4 is 5.78 Å². The van der Waals surface area contributed by atoms with E-state index in [1.54, 1.807) is 14.2 Å². The number of para-hydroxylation sites is 1. The standard InChI is InChI=1S/C15H21NO4/c1-18-13-4-3-5-14(15(13)19-2)20-11-10-16-8-6-12(17)7-9-16/h3-5H,6-11H2,1-2H3. The van der Waals surface area contributed by atoms with Crippen LogP contribution in [0.1, 0.15) is 12.8 Å². The minimum Gasteiger partial charge on any atom is -0.493 e. The van der Waals surface area contributed by atoms with Gasteiger partial charge in [0, 0.05) is 32.5 Å². The van der Waals surface area contributed by atoms with Crippen molar-refractivity contribution < 1.29 is 19.0 Å². The predicted molar refractivity (Wildman–Crippen MR) is 75.7 cm³/mol. The first-order valence-corrected chi connectivity index (χ1v) is 6.82. The van der Waals surface area contributed by atoms with Crippen LogP contribution in [0, 0.1) is 0 Å². The summed E-state index contributed by atoms with van der Waals surface area (Å²) in [5, 5.41) is 0. The maximum Gasteiger partial charge on any atom is 0.203 e. The lowest BCUT2D eigenvalue weighted by molar-refractivity contribution is -0.121. The number of hydrogen-bond acceptors (Lipinski definition) is 5. The first-order valence-electron chi connectivity index (χ1n) is 6.82. The molecule has 1 saturated heterocycles. The van der Waals surface area contributed by atoms with Gasteiger partial charge in [0.15, 0.2) is 11.5 Å². The van der Waals surface area contributed by atoms with Crippen LogP contribution in [-0.4, -0.2) is 51.1 Å². The van der Waals surface area contributed by atoms with E-state index in [9.17, 15) is 4.79 Å². The summed E-state index contributed by atoms with van der Waals surface area (Å²) in [5.41, 5.74) is 0. The van der Waals surface area contributed by atoms with Crippen molar-refractivity contribution in [3.63, 3.8) is 0 Å². The number of nitrogens with zero attached hydrogens (tertiary/aromatic N) is 1. The van der Waals surface area contributed by atoms with Crippen LogP contribution in [0.3, 0.4) is 0 Å². The molecule has 0 aliphatic carbocycles. The van der Waals surface area contributed by atoms with Gasteiger partial charge in [0.05, 0.1) is 14.2 Å². The Morgan fingerprint density at radius 2 is 1.80 bits per heavy atom. The third kappa shape index (κ3) is 3.63. The van der Waals surface area contributed by atoms with Crippen molar-refractivity contribution in [1.29, 1.82) is 0 Å². The van der Waals surface area contributed by atoms with Gasteiger partial charge in [0.2, 0.25) is 5.75 Å². The van der Waals surface area contributed by atoms with Crippen LogP contribution >= 0.6 is 0 Å². The molecule has 1 fully saturated rings. The number of benzene rings is 1. The van der Waals surface area contributed by atoms with E-state index in [0.29, 0.717) is 42.5 Å². The second kappa shape index (κ2) is 7.14. The first-order chi connectivity index (χ1) is 9.74. The molecule has 0 amide bonds. The third-order valence-corrected chi connectivity index (χ3v) is 3.45. The average molecular weight is 279 g/mol. The molecule has 110 valence electrons. The van der Waals surface area contributed by atoms with Crippen LogP contribution < -0.4 is 14.2 Å². The van der Waals surface area contributed by atoms with Gasteiger partial charge in [-0.25, -0.2) is 0 Å². The predicted octanol–water partition coefficient (Wildman–Crippen LogP) is 1.75. The summed E-state index contributed by atoms with van der Waals surface area (Å²) in [6.45, 7) is 3.04. The molecule has 0 bridgehead atoms. The SMILES string of the molecule is COc1cccc(OCCN2CCC(=O)CC2)c1OC. The molecule has 1 heterocycles. The molecule has 1 aliphatic heterocycles. The van der Waals surface area contributed by atoms with Crippen LogP contribution in [0.5, 0.6) is 17.2 Å². The number of hydrogen-bond donors (Lipinski definition) is 0. The molecule has 1 aromatic carbocycles. The highest BCUT2D eigenvalue weighted by Gasteiger charge is 2.16. The molecule has 0 radical (unpaired) electrons. The van der Waals surface area contributed by atoms with E-state index in [1.807, 2.05) is 18.2 Å². The Morgan fingerprint density at radius 3 is 2.45 bits per heavy atom. The number of piperidine rings is 1. The summed E-state index contributed by atoms with van der Waals surface area (Å²) in [4.78, 5) is 13.4. The highest BCUT2D eigenvalue weighted by atomic mass is 16.5. The molecule has 5 heteroatoms. The van der Waals surface area contributed by atoms with E-state index in [2.05, 4.69) is 4.90 Å². The van der Waals surface area contributed by atoms with E-state index >= 15 is 0 Å². The summed E-state index contributed by atoms with van der Waals surface area (Å²) in [7, 11) is 3.20. The smallest absolute Gasteiger partial charge is 0.203 e. The van der Waals surface area contributed by atoms with Crippen LogP contribution in [0.2, 0.25) is 0 Å². The molecule has 1 aromatic rings. The largest absolute Gasteiger partial charge is 0.493 e. The van der Waals surface area contributed by atoms with Crippen LogP contribution in [0.15, 0.2) is 18.2 Å². The Balaban J connectivity index is 1.86. The molecule has 0 N–H and O–H groups in total. The molecule has 1 aliphatic rings. The van der Waals surface area contributed by atoms with Crippen LogP contribution in [-0.2, 0) is 4.79 Å². The number of rotatable bonds is 6. The van der Waals surface area contributed by atoms with Gasteiger partial charge in [0.1, 0.15) is 12.4 Å². The van der Waals surface area contributed by atoms with Crippen LogP contribution in [0.4, 0.5) is 0 Å². The molecule has 0 aromatic heterocycles. The van der Waals surface area contributed by atoms with E-state index in [4.69, 9.17) is 14.2 Å². The summed E-state index contributed by atoms with van der Waals surface area (Å²) in [6, 6.07) is 5.57. The number of Topliss-reactive ketones (excluding diaryl/α,β-unsaturated/α-hetero) is 1. The molecule has 20 heavy (non-hydrogen) atoms. The average Bonchev–Trinajstić information content (AvgIpc) is 2.49. The third-order valence-electron chi connectivity index (χ3n) is 3.45. The van der Waals surface area contributed by atoms with Gasteiger partial charge in [-0.1, -0.05) is 6.07 Å². The Labute approximate surface area is 119 Å². The first kappa shape index (κ1) is 14.7. The topological polar surface area (TPSA) is 48.0 Å². The molecule has 0 saturated carbocycles. The van der Waals surface area contributed by atoms with Crippen molar-refractivity contribution in [3.8, 4) is 17.2 Å². The van der Waals surface area contributed by atoms with E-state index in [-0.39, 0.29) is 0 Å². The summed E-state index contributed by atoms with van der Waals surface area (Å²) < 4.78 is 16.3. The zero-order valence-corrected chi connectivity index (χ0v) is 12.1. The lowest BCUT2D eigenvalue weighted by Crippen LogP contribution is -2.36. The Bertz CT molecular complexity index is 451. The van der Waals surface area contributed by atoms with Crippen LogP contribution in [0.25, 0.3) is 0 Å². The fraction of sp³-hybridized carbons (Fsp3) is 0.533. The zero-order valence-electron chi connectivity index (χ0n) is 12.1. The van der Waals surface area contributed by atoms with E-state index in [0.717, 1.165) is 19.6 Å². The normalized spacial score (nSPS) is 16.0. The van der Waals surface area contributed by atoms with Gasteiger partial charge < -0.3 is 14.2 Å². The van der Waals surface area contributed by atoms with Crippen molar-refractivity contribution in [2.24, 2.45) is 0 Å². The van der Waals surface area contributed by atoms with Crippen molar-refractivity contribution in [2.75, 3.05) is 40.5 Å². The van der Waals surface area contributed by atoms with Gasteiger partial charge in [0.25, 0.3) is 0 Å². The number of carbonyl (C=O) groups is 1. The fourth-order valence-electron chi connectivity index (χ4n) is 2.28. The fourth-order valence-corrected chi connectivity index (χ4v) is 2.28. The lowest BCUT2D eigenvalue weighted by Gasteiger charge is -2.25. The molecular formula is C15H21NO4. The molecule has 2 rings (SSSR count). The monoisotopic (exact) mass is 279 g/mol. The molecule has 0 atom stereocenters. The number of carbonyl (C=O) groups excluding carboxylic acids is 1. The second-order valence-electron chi connectivity index (χ2n) is 4.72. The number of ether oxygens (including phenoxy) is 3. The molecule has 5 nitrogen and oxygen atoms in total. The van der Waals surface area contributed by atoms with Gasteiger partial charge in [-0.2, -0.15) is 0 Å². The minimum atomic E-state index is 0.358. The van der Waals surface area contributed by atoms with Gasteiger partial charge in [-0.15, -0.1) is 0 Å². The molecule has 0 spiro atoms. The van der Waals surface area contributed by atoms with Gasteiger partial charge in [-0.3, -0.25) is 9.69 Å². The van der Waals surface area contributed by atoms with Gasteiger partial charge in [-0.05, 0) is 12.1 Å². The Morgan fingerprint density at radius 1 is 1.10 bits per heavy atom. The summed E-state index contributed by atoms with van der Waals surface area (Å²) in [6.07, 6.45) is 1.31. The quantitative estimate of drug-likeness (QED) is 0.794. The van der Waals surface area contributed by atoms with Crippen molar-refractivity contribution in [1.82, 2.24) is 4.90 Å². The van der Waals surface area contributed by atoms with E-state index in [1.165, 1.54) is 0 Å². The lowest BCUT2D eigenvalue weighted by atomic mass is 10.1. The zero-order chi connectivity index (χ0) is 14.4. The maximum atomic E-state index is 11.2. The van der Waals surface area contributed by atoms with Crippen molar-refractivity contribution in [2.45, 2.75) is 12.8 Å². The highest BCUT2D eigenvalue weighted by Crippen LogP contribution is 2.36. The number of likely N-dealkylation sites (tertiary alicyclic amines) is 1. The summed E-state index contributed by atoms with van der Waals surface area (Å²) >= 11 is 0. The maximum absolute atomic E-state index is 11.2. The second-order valence-corrected chi connectivity index (χ2v) is 4.72. The molecule has 0 unspecified atom stereocenters. The Kier molecular flexibility index (Phi) is 5.24. The Hall–Kier alpha value is -1.75. The minimum absolute atomic E-state index is 0.358. The number of ketones is 1. The van der Waals surface area contributed by atoms with Crippen molar-refractivity contribution in [3.05, 3.63) is 18.2 Å². The number of methoxy groups -OCH3 is 2. The highest BCUT2D eigenvalue weighted by molar-refractivity contribution is 5.79.